The van der Waals surface area contributed by atoms with Crippen molar-refractivity contribution in [1.29, 1.82) is 0 Å². The Labute approximate surface area is 195 Å². The van der Waals surface area contributed by atoms with Crippen LogP contribution in [-0.4, -0.2) is 62.1 Å². The van der Waals surface area contributed by atoms with Gasteiger partial charge in [-0.3, -0.25) is 4.79 Å². The molecule has 0 radical (unpaired) electrons. The predicted octanol–water partition coefficient (Wildman–Crippen LogP) is 1.94. The maximum atomic E-state index is 14.4. The molecule has 1 saturated heterocycles. The van der Waals surface area contributed by atoms with Gasteiger partial charge in [0.25, 0.3) is 15.9 Å². The Morgan fingerprint density at radius 1 is 1.24 bits per heavy atom. The number of carbonyl (C=O) groups excluding carboxylic acids is 1. The smallest absolute Gasteiger partial charge is 0.262 e. The zero-order valence-corrected chi connectivity index (χ0v) is 19.5. The number of aromatic nitrogens is 2. The van der Waals surface area contributed by atoms with Gasteiger partial charge in [-0.1, -0.05) is 0 Å². The topological polar surface area (TPSA) is 119 Å². The standard InChI is InChI=1S/C22H24FN5O5S/c1-26(2)34(30,31)22-19(21(24)29)17-12-14(5-7-28(17)25-22)27-6-3-4-16(27)15-10-13(23)11-18-20(15)33-9-8-32-18/h5,7,10-12,16H,3-4,6,8-9H2,1-2H3,(H2,24,29). The highest BCUT2D eigenvalue weighted by Crippen LogP contribution is 2.45. The maximum Gasteiger partial charge on any atom is 0.262 e. The number of primary amides is 1. The minimum absolute atomic E-state index is 0.175. The molecule has 0 saturated carbocycles. The molecule has 2 aromatic heterocycles. The normalized spacial score (nSPS) is 18.1. The van der Waals surface area contributed by atoms with Gasteiger partial charge in [0.2, 0.25) is 5.03 Å². The number of carbonyl (C=O) groups is 1. The summed E-state index contributed by atoms with van der Waals surface area (Å²) in [5.74, 6) is -0.386. The fraction of sp³-hybridized carbons (Fsp3) is 0.364. The Kier molecular flexibility index (Phi) is 5.36. The molecule has 5 rings (SSSR count). The van der Waals surface area contributed by atoms with Gasteiger partial charge in [0.05, 0.1) is 11.6 Å². The third-order valence-electron chi connectivity index (χ3n) is 6.14. The first kappa shape index (κ1) is 22.4. The first-order chi connectivity index (χ1) is 16.2. The second-order valence-electron chi connectivity index (χ2n) is 8.42. The van der Waals surface area contributed by atoms with E-state index in [0.29, 0.717) is 36.8 Å². The van der Waals surface area contributed by atoms with Gasteiger partial charge in [-0.25, -0.2) is 21.6 Å². The summed E-state index contributed by atoms with van der Waals surface area (Å²) < 4.78 is 53.6. The Morgan fingerprint density at radius 2 is 2.00 bits per heavy atom. The average molecular weight is 490 g/mol. The molecule has 2 N–H and O–H groups in total. The summed E-state index contributed by atoms with van der Waals surface area (Å²) in [7, 11) is -1.29. The lowest BCUT2D eigenvalue weighted by atomic mass is 10.0. The molecule has 0 spiro atoms. The van der Waals surface area contributed by atoms with Gasteiger partial charge in [-0.05, 0) is 31.0 Å². The van der Waals surface area contributed by atoms with Crippen LogP contribution in [0.5, 0.6) is 11.5 Å². The number of halogens is 1. The molecule has 1 amide bonds. The largest absolute Gasteiger partial charge is 0.486 e. The van der Waals surface area contributed by atoms with Gasteiger partial charge >= 0.3 is 0 Å². The summed E-state index contributed by atoms with van der Waals surface area (Å²) in [6.45, 7) is 1.41. The minimum Gasteiger partial charge on any atom is -0.486 e. The van der Waals surface area contributed by atoms with Crippen molar-refractivity contribution >= 4 is 27.1 Å². The van der Waals surface area contributed by atoms with E-state index in [0.717, 1.165) is 22.8 Å². The van der Waals surface area contributed by atoms with E-state index in [1.807, 2.05) is 0 Å². The number of pyridine rings is 1. The molecule has 0 aliphatic carbocycles. The van der Waals surface area contributed by atoms with Crippen LogP contribution in [0.3, 0.4) is 0 Å². The zero-order chi connectivity index (χ0) is 24.2. The number of fused-ring (bicyclic) bond motifs is 2. The Bertz CT molecular complexity index is 1400. The number of rotatable bonds is 5. The van der Waals surface area contributed by atoms with Crippen molar-refractivity contribution in [2.24, 2.45) is 5.73 Å². The molecule has 12 heteroatoms. The predicted molar refractivity (Wildman–Crippen MR) is 121 cm³/mol. The number of ether oxygens (including phenoxy) is 2. The molecular formula is C22H24FN5O5S. The summed E-state index contributed by atoms with van der Waals surface area (Å²) in [5, 5.41) is 3.72. The van der Waals surface area contributed by atoms with Gasteiger partial charge < -0.3 is 20.1 Å². The fourth-order valence-electron chi connectivity index (χ4n) is 4.57. The molecule has 0 bridgehead atoms. The lowest BCUT2D eigenvalue weighted by Gasteiger charge is -2.30. The van der Waals surface area contributed by atoms with Crippen LogP contribution in [0.4, 0.5) is 10.1 Å². The van der Waals surface area contributed by atoms with Crippen LogP contribution in [0.2, 0.25) is 0 Å². The van der Waals surface area contributed by atoms with Crippen molar-refractivity contribution in [3.05, 3.63) is 47.4 Å². The number of benzene rings is 1. The van der Waals surface area contributed by atoms with Crippen molar-refractivity contribution in [1.82, 2.24) is 13.9 Å². The zero-order valence-electron chi connectivity index (χ0n) is 18.7. The van der Waals surface area contributed by atoms with Crippen molar-refractivity contribution in [2.45, 2.75) is 23.9 Å². The van der Waals surface area contributed by atoms with Gasteiger partial charge in [-0.15, -0.1) is 0 Å². The minimum atomic E-state index is -4.00. The fourth-order valence-corrected chi connectivity index (χ4v) is 5.57. The maximum absolute atomic E-state index is 14.4. The van der Waals surface area contributed by atoms with Crippen LogP contribution >= 0.6 is 0 Å². The number of sulfonamides is 1. The van der Waals surface area contributed by atoms with Crippen LogP contribution in [0.25, 0.3) is 5.52 Å². The quantitative estimate of drug-likeness (QED) is 0.582. The summed E-state index contributed by atoms with van der Waals surface area (Å²) >= 11 is 0. The molecule has 1 aromatic carbocycles. The monoisotopic (exact) mass is 489 g/mol. The van der Waals surface area contributed by atoms with Crippen LogP contribution in [-0.2, 0) is 10.0 Å². The Morgan fingerprint density at radius 3 is 2.74 bits per heavy atom. The highest BCUT2D eigenvalue weighted by molar-refractivity contribution is 7.89. The van der Waals surface area contributed by atoms with E-state index in [2.05, 4.69) is 10.00 Å². The molecule has 2 aliphatic rings. The van der Waals surface area contributed by atoms with Gasteiger partial charge in [-0.2, -0.15) is 5.10 Å². The van der Waals surface area contributed by atoms with Gasteiger partial charge in [0.1, 0.15) is 24.6 Å². The van der Waals surface area contributed by atoms with E-state index in [-0.39, 0.29) is 17.1 Å². The Hall–Kier alpha value is -3.38. The lowest BCUT2D eigenvalue weighted by Crippen LogP contribution is -2.26. The third kappa shape index (κ3) is 3.53. The number of amides is 1. The number of nitrogens with zero attached hydrogens (tertiary/aromatic N) is 4. The highest BCUT2D eigenvalue weighted by Gasteiger charge is 2.34. The highest BCUT2D eigenvalue weighted by atomic mass is 32.2. The molecule has 34 heavy (non-hydrogen) atoms. The van der Waals surface area contributed by atoms with E-state index in [4.69, 9.17) is 15.2 Å². The van der Waals surface area contributed by atoms with E-state index in [9.17, 15) is 17.6 Å². The van der Waals surface area contributed by atoms with Crippen molar-refractivity contribution in [3.63, 3.8) is 0 Å². The SMILES string of the molecule is CN(C)S(=O)(=O)c1nn2ccc(N3CCCC3c3cc(F)cc4c3OCCO4)cc2c1C(N)=O. The van der Waals surface area contributed by atoms with Gasteiger partial charge in [0, 0.05) is 44.2 Å². The van der Waals surface area contributed by atoms with Crippen molar-refractivity contribution in [2.75, 3.05) is 38.8 Å². The molecular weight excluding hydrogens is 465 g/mol. The molecule has 1 fully saturated rings. The van der Waals surface area contributed by atoms with Gasteiger partial charge in [0.15, 0.2) is 11.5 Å². The Balaban J connectivity index is 1.62. The summed E-state index contributed by atoms with van der Waals surface area (Å²) in [5.41, 5.74) is 7.09. The van der Waals surface area contributed by atoms with Crippen molar-refractivity contribution in [3.8, 4) is 11.5 Å². The van der Waals surface area contributed by atoms with E-state index >= 15 is 0 Å². The first-order valence-electron chi connectivity index (χ1n) is 10.8. The summed E-state index contributed by atoms with van der Waals surface area (Å²) in [6, 6.07) is 6.05. The second-order valence-corrected chi connectivity index (χ2v) is 10.5. The number of hydrogen-bond acceptors (Lipinski definition) is 7. The molecule has 10 nitrogen and oxygen atoms in total. The van der Waals surface area contributed by atoms with Crippen molar-refractivity contribution < 1.29 is 27.1 Å². The average Bonchev–Trinajstić information content (AvgIpc) is 3.43. The number of anilines is 1. The van der Waals surface area contributed by atoms with Crippen LogP contribution < -0.4 is 20.1 Å². The second kappa shape index (κ2) is 8.13. The van der Waals surface area contributed by atoms with Crippen LogP contribution in [0.15, 0.2) is 35.5 Å². The van der Waals surface area contributed by atoms with Crippen LogP contribution in [0.1, 0.15) is 34.8 Å². The van der Waals surface area contributed by atoms with E-state index in [1.165, 1.54) is 30.7 Å². The molecule has 180 valence electrons. The molecule has 1 unspecified atom stereocenters. The molecule has 3 aromatic rings. The van der Waals surface area contributed by atoms with Crippen LogP contribution in [0, 0.1) is 5.82 Å². The molecule has 4 heterocycles. The summed E-state index contributed by atoms with van der Waals surface area (Å²) in [6.07, 6.45) is 3.19. The van der Waals surface area contributed by atoms with E-state index < -0.39 is 26.8 Å². The summed E-state index contributed by atoms with van der Waals surface area (Å²) in [4.78, 5) is 14.4. The lowest BCUT2D eigenvalue weighted by molar-refractivity contribution is 0.0998. The number of hydrogen-bond donors (Lipinski definition) is 1. The molecule has 1 atom stereocenters. The van der Waals surface area contributed by atoms with E-state index in [1.54, 1.807) is 18.3 Å². The first-order valence-corrected chi connectivity index (χ1v) is 12.2. The molecule has 2 aliphatic heterocycles. The number of nitrogens with two attached hydrogens (primary N) is 1. The third-order valence-corrected chi connectivity index (χ3v) is 7.87.